The van der Waals surface area contributed by atoms with E-state index >= 15 is 0 Å². The zero-order chi connectivity index (χ0) is 15.1. The van der Waals surface area contributed by atoms with Crippen molar-refractivity contribution in [3.05, 3.63) is 58.6 Å². The Kier molecular flexibility index (Phi) is 6.09. The fourth-order valence-electron chi connectivity index (χ4n) is 2.25. The number of rotatable bonds is 7. The molecule has 2 aromatic carbocycles. The van der Waals surface area contributed by atoms with Crippen molar-refractivity contribution in [2.24, 2.45) is 0 Å². The number of hydrogen-bond donors (Lipinski definition) is 1. The molecule has 0 saturated heterocycles. The van der Waals surface area contributed by atoms with E-state index in [4.69, 9.17) is 21.4 Å². The van der Waals surface area contributed by atoms with Gasteiger partial charge in [-0.1, -0.05) is 43.1 Å². The number of benzene rings is 2. The second-order valence-corrected chi connectivity index (χ2v) is 5.49. The van der Waals surface area contributed by atoms with Crippen LogP contribution < -0.4 is 4.74 Å². The summed E-state index contributed by atoms with van der Waals surface area (Å²) in [6, 6.07) is 13.9. The molecule has 0 unspecified atom stereocenters. The summed E-state index contributed by atoms with van der Waals surface area (Å²) in [5.74, 6) is 1.57. The van der Waals surface area contributed by atoms with Gasteiger partial charge in [-0.25, -0.2) is 0 Å². The molecule has 3 heteroatoms. The standard InChI is InChI=1S/C18H21ClO2/c1-2-5-14-6-3-8-16(12-14)21-17-10-9-15(7-4-11-20)18(19)13-17/h3,6,8-10,12-13,20H,2,4-5,7,11H2,1H3. The molecule has 0 heterocycles. The molecule has 1 N–H and O–H groups in total. The van der Waals surface area contributed by atoms with Gasteiger partial charge in [0.05, 0.1) is 0 Å². The van der Waals surface area contributed by atoms with Crippen molar-refractivity contribution in [3.8, 4) is 11.5 Å². The Hall–Kier alpha value is -1.51. The van der Waals surface area contributed by atoms with Crippen molar-refractivity contribution in [1.82, 2.24) is 0 Å². The summed E-state index contributed by atoms with van der Waals surface area (Å²) in [5.41, 5.74) is 2.32. The van der Waals surface area contributed by atoms with Crippen LogP contribution in [0.25, 0.3) is 0 Å². The number of hydrogen-bond acceptors (Lipinski definition) is 2. The molecule has 2 rings (SSSR count). The first-order valence-electron chi connectivity index (χ1n) is 7.39. The van der Waals surface area contributed by atoms with E-state index in [-0.39, 0.29) is 6.61 Å². The van der Waals surface area contributed by atoms with Crippen molar-refractivity contribution in [2.45, 2.75) is 32.6 Å². The first kappa shape index (κ1) is 15.9. The van der Waals surface area contributed by atoms with Crippen LogP contribution in [-0.4, -0.2) is 11.7 Å². The van der Waals surface area contributed by atoms with E-state index in [1.54, 1.807) is 0 Å². The Morgan fingerprint density at radius 2 is 1.86 bits per heavy atom. The molecule has 0 aromatic heterocycles. The molecule has 2 aromatic rings. The number of aliphatic hydroxyl groups excluding tert-OH is 1. The first-order valence-corrected chi connectivity index (χ1v) is 7.77. The summed E-state index contributed by atoms with van der Waals surface area (Å²) in [4.78, 5) is 0. The largest absolute Gasteiger partial charge is 0.457 e. The summed E-state index contributed by atoms with van der Waals surface area (Å²) in [7, 11) is 0. The number of aryl methyl sites for hydroxylation is 2. The molecule has 0 atom stereocenters. The topological polar surface area (TPSA) is 29.5 Å². The lowest BCUT2D eigenvalue weighted by Crippen LogP contribution is -1.92. The second-order valence-electron chi connectivity index (χ2n) is 5.08. The van der Waals surface area contributed by atoms with Crippen LogP contribution in [0.1, 0.15) is 30.9 Å². The average Bonchev–Trinajstić information content (AvgIpc) is 2.47. The molecule has 2 nitrogen and oxygen atoms in total. The maximum atomic E-state index is 8.87. The van der Waals surface area contributed by atoms with Gasteiger partial charge in [-0.05, 0) is 54.7 Å². The Balaban J connectivity index is 2.09. The van der Waals surface area contributed by atoms with E-state index in [1.165, 1.54) is 5.56 Å². The average molecular weight is 305 g/mol. The highest BCUT2D eigenvalue weighted by molar-refractivity contribution is 6.31. The fourth-order valence-corrected chi connectivity index (χ4v) is 2.52. The van der Waals surface area contributed by atoms with Crippen molar-refractivity contribution < 1.29 is 9.84 Å². The minimum Gasteiger partial charge on any atom is -0.457 e. The number of halogens is 1. The predicted molar refractivity (Wildman–Crippen MR) is 87.4 cm³/mol. The van der Waals surface area contributed by atoms with E-state index < -0.39 is 0 Å². The summed E-state index contributed by atoms with van der Waals surface area (Å²) in [6.07, 6.45) is 3.67. The monoisotopic (exact) mass is 304 g/mol. The molecule has 0 spiro atoms. The Morgan fingerprint density at radius 3 is 2.57 bits per heavy atom. The molecular formula is C18H21ClO2. The van der Waals surface area contributed by atoms with Crippen molar-refractivity contribution in [1.29, 1.82) is 0 Å². The molecule has 21 heavy (non-hydrogen) atoms. The highest BCUT2D eigenvalue weighted by atomic mass is 35.5. The Labute approximate surface area is 131 Å². The summed E-state index contributed by atoms with van der Waals surface area (Å²) < 4.78 is 5.87. The van der Waals surface area contributed by atoms with Crippen molar-refractivity contribution >= 4 is 11.6 Å². The highest BCUT2D eigenvalue weighted by Crippen LogP contribution is 2.28. The van der Waals surface area contributed by atoms with Gasteiger partial charge in [0.15, 0.2) is 0 Å². The Morgan fingerprint density at radius 1 is 1.05 bits per heavy atom. The molecule has 0 amide bonds. The van der Waals surface area contributed by atoms with Gasteiger partial charge in [0.1, 0.15) is 11.5 Å². The third kappa shape index (κ3) is 4.76. The van der Waals surface area contributed by atoms with Crippen LogP contribution in [0.3, 0.4) is 0 Å². The van der Waals surface area contributed by atoms with Crippen LogP contribution in [0.2, 0.25) is 5.02 Å². The van der Waals surface area contributed by atoms with Crippen molar-refractivity contribution in [3.63, 3.8) is 0 Å². The smallest absolute Gasteiger partial charge is 0.128 e. The van der Waals surface area contributed by atoms with Crippen LogP contribution in [-0.2, 0) is 12.8 Å². The molecule has 0 bridgehead atoms. The van der Waals surface area contributed by atoms with E-state index in [9.17, 15) is 0 Å². The molecule has 0 aliphatic rings. The normalized spacial score (nSPS) is 10.6. The molecule has 0 aliphatic carbocycles. The maximum absolute atomic E-state index is 8.87. The van der Waals surface area contributed by atoms with Gasteiger partial charge in [0, 0.05) is 11.6 Å². The zero-order valence-corrected chi connectivity index (χ0v) is 13.1. The number of aliphatic hydroxyl groups is 1. The third-order valence-corrected chi connectivity index (χ3v) is 3.65. The fraction of sp³-hybridized carbons (Fsp3) is 0.333. The van der Waals surface area contributed by atoms with Gasteiger partial charge in [-0.2, -0.15) is 0 Å². The van der Waals surface area contributed by atoms with Crippen LogP contribution in [0.4, 0.5) is 0 Å². The van der Waals surface area contributed by atoms with E-state index in [0.717, 1.165) is 42.7 Å². The van der Waals surface area contributed by atoms with Crippen LogP contribution >= 0.6 is 11.6 Å². The maximum Gasteiger partial charge on any atom is 0.128 e. The van der Waals surface area contributed by atoms with Gasteiger partial charge < -0.3 is 9.84 Å². The predicted octanol–water partition coefficient (Wildman–Crippen LogP) is 5.01. The van der Waals surface area contributed by atoms with Crippen LogP contribution in [0.15, 0.2) is 42.5 Å². The van der Waals surface area contributed by atoms with Gasteiger partial charge in [-0.15, -0.1) is 0 Å². The van der Waals surface area contributed by atoms with Gasteiger partial charge >= 0.3 is 0 Å². The zero-order valence-electron chi connectivity index (χ0n) is 12.3. The lowest BCUT2D eigenvalue weighted by Gasteiger charge is -2.10. The highest BCUT2D eigenvalue weighted by Gasteiger charge is 2.04. The molecule has 0 radical (unpaired) electrons. The van der Waals surface area contributed by atoms with Gasteiger partial charge in [0.2, 0.25) is 0 Å². The van der Waals surface area contributed by atoms with Crippen LogP contribution in [0.5, 0.6) is 11.5 Å². The van der Waals surface area contributed by atoms with Gasteiger partial charge in [-0.3, -0.25) is 0 Å². The molecule has 0 saturated carbocycles. The molecular weight excluding hydrogens is 284 g/mol. The number of ether oxygens (including phenoxy) is 1. The lowest BCUT2D eigenvalue weighted by atomic mass is 10.1. The molecule has 0 fully saturated rings. The summed E-state index contributed by atoms with van der Waals surface area (Å²) in [5, 5.41) is 9.56. The second kappa shape index (κ2) is 8.06. The van der Waals surface area contributed by atoms with Crippen molar-refractivity contribution in [2.75, 3.05) is 6.61 Å². The lowest BCUT2D eigenvalue weighted by molar-refractivity contribution is 0.288. The minimum absolute atomic E-state index is 0.179. The quantitative estimate of drug-likeness (QED) is 0.779. The molecule has 112 valence electrons. The SMILES string of the molecule is CCCc1cccc(Oc2ccc(CCCO)c(Cl)c2)c1. The minimum atomic E-state index is 0.179. The Bertz CT molecular complexity index is 581. The summed E-state index contributed by atoms with van der Waals surface area (Å²) >= 11 is 6.25. The third-order valence-electron chi connectivity index (χ3n) is 3.30. The van der Waals surface area contributed by atoms with E-state index in [2.05, 4.69) is 19.1 Å². The first-order chi connectivity index (χ1) is 10.2. The van der Waals surface area contributed by atoms with Crippen LogP contribution in [0, 0.1) is 0 Å². The van der Waals surface area contributed by atoms with E-state index in [0.29, 0.717) is 5.02 Å². The van der Waals surface area contributed by atoms with Gasteiger partial charge in [0.25, 0.3) is 0 Å². The molecule has 0 aliphatic heterocycles. The van der Waals surface area contributed by atoms with E-state index in [1.807, 2.05) is 30.3 Å². The summed E-state index contributed by atoms with van der Waals surface area (Å²) in [6.45, 7) is 2.34.